The number of hydrogen-bond acceptors (Lipinski definition) is 2. The van der Waals surface area contributed by atoms with Gasteiger partial charge in [-0.05, 0) is 56.2 Å². The minimum atomic E-state index is -0.0618. The molecule has 20 heavy (non-hydrogen) atoms. The van der Waals surface area contributed by atoms with E-state index in [2.05, 4.69) is 28.9 Å². The Morgan fingerprint density at radius 1 is 1.20 bits per heavy atom. The van der Waals surface area contributed by atoms with Crippen LogP contribution in [0.4, 0.5) is 5.69 Å². The molecule has 0 saturated carbocycles. The number of amides is 1. The molecule has 0 spiro atoms. The highest BCUT2D eigenvalue weighted by Crippen LogP contribution is 2.22. The largest absolute Gasteiger partial charge is 0.324 e. The number of nitrogens with one attached hydrogen (secondary N) is 2. The Kier molecular flexibility index (Phi) is 4.16. The Labute approximate surface area is 120 Å². The predicted octanol–water partition coefficient (Wildman–Crippen LogP) is 2.89. The smallest absolute Gasteiger partial charge is 0.241 e. The molecule has 0 saturated heterocycles. The molecule has 2 aliphatic rings. The SMILES string of the molecule is O=C1Nc2ccccc2CCC1NCC1CC=CCC1. The van der Waals surface area contributed by atoms with Gasteiger partial charge < -0.3 is 10.6 Å². The average molecular weight is 270 g/mol. The van der Waals surface area contributed by atoms with E-state index in [9.17, 15) is 4.79 Å². The summed E-state index contributed by atoms with van der Waals surface area (Å²) in [6, 6.07) is 8.04. The Hall–Kier alpha value is -1.61. The molecule has 2 N–H and O–H groups in total. The molecule has 106 valence electrons. The van der Waals surface area contributed by atoms with Gasteiger partial charge in [0.25, 0.3) is 0 Å². The van der Waals surface area contributed by atoms with Gasteiger partial charge in [0.2, 0.25) is 5.91 Å². The van der Waals surface area contributed by atoms with E-state index < -0.39 is 0 Å². The standard InChI is InChI=1S/C17H22N2O/c20-17-16(18-12-13-6-2-1-3-7-13)11-10-14-8-4-5-9-15(14)19-17/h1-2,4-5,8-9,13,16,18H,3,6-7,10-12H2,(H,19,20). The first-order chi connectivity index (χ1) is 9.83. The molecule has 2 unspecified atom stereocenters. The average Bonchev–Trinajstić information content (AvgIpc) is 2.65. The predicted molar refractivity (Wildman–Crippen MR) is 81.7 cm³/mol. The van der Waals surface area contributed by atoms with Crippen molar-refractivity contribution in [1.29, 1.82) is 0 Å². The number of aryl methyl sites for hydroxylation is 1. The van der Waals surface area contributed by atoms with E-state index in [0.29, 0.717) is 5.92 Å². The van der Waals surface area contributed by atoms with Crippen molar-refractivity contribution in [2.24, 2.45) is 5.92 Å². The number of para-hydroxylation sites is 1. The molecule has 0 radical (unpaired) electrons. The summed E-state index contributed by atoms with van der Waals surface area (Å²) in [5.74, 6) is 0.791. The van der Waals surface area contributed by atoms with E-state index >= 15 is 0 Å². The highest BCUT2D eigenvalue weighted by atomic mass is 16.2. The first-order valence-electron chi connectivity index (χ1n) is 7.60. The summed E-state index contributed by atoms with van der Waals surface area (Å²) in [6.45, 7) is 0.943. The molecule has 1 aromatic rings. The van der Waals surface area contributed by atoms with Crippen LogP contribution in [0.5, 0.6) is 0 Å². The van der Waals surface area contributed by atoms with Gasteiger partial charge in [-0.3, -0.25) is 4.79 Å². The Balaban J connectivity index is 1.58. The molecule has 0 aromatic heterocycles. The fourth-order valence-electron chi connectivity index (χ4n) is 3.06. The third kappa shape index (κ3) is 3.10. The van der Waals surface area contributed by atoms with Crippen LogP contribution >= 0.6 is 0 Å². The summed E-state index contributed by atoms with van der Waals surface area (Å²) < 4.78 is 0. The van der Waals surface area contributed by atoms with Crippen LogP contribution in [-0.2, 0) is 11.2 Å². The van der Waals surface area contributed by atoms with Gasteiger partial charge >= 0.3 is 0 Å². The zero-order valence-electron chi connectivity index (χ0n) is 11.8. The van der Waals surface area contributed by atoms with E-state index in [1.807, 2.05) is 18.2 Å². The fourth-order valence-corrected chi connectivity index (χ4v) is 3.06. The van der Waals surface area contributed by atoms with Crippen molar-refractivity contribution in [3.05, 3.63) is 42.0 Å². The zero-order chi connectivity index (χ0) is 13.8. The van der Waals surface area contributed by atoms with Crippen molar-refractivity contribution < 1.29 is 4.79 Å². The number of benzene rings is 1. The maximum absolute atomic E-state index is 12.3. The molecular formula is C17H22N2O. The first-order valence-corrected chi connectivity index (χ1v) is 7.60. The molecule has 3 heteroatoms. The molecule has 1 aliphatic carbocycles. The summed E-state index contributed by atoms with van der Waals surface area (Å²) in [6.07, 6.45) is 9.90. The molecule has 0 fully saturated rings. The fraction of sp³-hybridized carbons (Fsp3) is 0.471. The molecule has 1 heterocycles. The monoisotopic (exact) mass is 270 g/mol. The summed E-state index contributed by atoms with van der Waals surface area (Å²) in [7, 11) is 0. The van der Waals surface area contributed by atoms with Gasteiger partial charge in [-0.25, -0.2) is 0 Å². The first kappa shape index (κ1) is 13.4. The molecule has 3 rings (SSSR count). The number of anilines is 1. The highest BCUT2D eigenvalue weighted by molar-refractivity contribution is 5.96. The summed E-state index contributed by atoms with van der Waals surface area (Å²) in [5, 5.41) is 6.51. The van der Waals surface area contributed by atoms with Crippen LogP contribution in [0, 0.1) is 5.92 Å². The van der Waals surface area contributed by atoms with Crippen LogP contribution < -0.4 is 10.6 Å². The number of allylic oxidation sites excluding steroid dienone is 2. The van der Waals surface area contributed by atoms with Crippen molar-refractivity contribution in [2.45, 2.75) is 38.1 Å². The number of hydrogen-bond donors (Lipinski definition) is 2. The Morgan fingerprint density at radius 3 is 2.95 bits per heavy atom. The van der Waals surface area contributed by atoms with Crippen LogP contribution in [0.15, 0.2) is 36.4 Å². The second-order valence-corrected chi connectivity index (χ2v) is 5.80. The molecule has 0 bridgehead atoms. The topological polar surface area (TPSA) is 41.1 Å². The van der Waals surface area contributed by atoms with Gasteiger partial charge in [0, 0.05) is 5.69 Å². The molecule has 3 nitrogen and oxygen atoms in total. The highest BCUT2D eigenvalue weighted by Gasteiger charge is 2.23. The van der Waals surface area contributed by atoms with Crippen molar-refractivity contribution in [3.8, 4) is 0 Å². The molecular weight excluding hydrogens is 248 g/mol. The summed E-state index contributed by atoms with van der Waals surface area (Å²) >= 11 is 0. The van der Waals surface area contributed by atoms with Gasteiger partial charge in [-0.1, -0.05) is 30.4 Å². The second kappa shape index (κ2) is 6.23. The van der Waals surface area contributed by atoms with Crippen LogP contribution in [0.25, 0.3) is 0 Å². The van der Waals surface area contributed by atoms with Gasteiger partial charge in [-0.15, -0.1) is 0 Å². The van der Waals surface area contributed by atoms with Crippen LogP contribution in [0.2, 0.25) is 0 Å². The van der Waals surface area contributed by atoms with Gasteiger partial charge in [0.05, 0.1) is 6.04 Å². The van der Waals surface area contributed by atoms with Crippen molar-refractivity contribution in [3.63, 3.8) is 0 Å². The third-order valence-corrected chi connectivity index (χ3v) is 4.32. The summed E-state index contributed by atoms with van der Waals surface area (Å²) in [4.78, 5) is 12.3. The quantitative estimate of drug-likeness (QED) is 0.829. The minimum absolute atomic E-state index is 0.0618. The van der Waals surface area contributed by atoms with E-state index in [1.54, 1.807) is 0 Å². The minimum Gasteiger partial charge on any atom is -0.324 e. The molecule has 1 aromatic carbocycles. The lowest BCUT2D eigenvalue weighted by atomic mass is 9.94. The van der Waals surface area contributed by atoms with Crippen LogP contribution in [0.1, 0.15) is 31.2 Å². The summed E-state index contributed by atoms with van der Waals surface area (Å²) in [5.41, 5.74) is 2.22. The Bertz CT molecular complexity index is 509. The van der Waals surface area contributed by atoms with Crippen molar-refractivity contribution in [1.82, 2.24) is 5.32 Å². The number of rotatable bonds is 3. The maximum Gasteiger partial charge on any atom is 0.241 e. The molecule has 1 aliphatic heterocycles. The normalized spacial score (nSPS) is 25.7. The zero-order valence-corrected chi connectivity index (χ0v) is 11.8. The van der Waals surface area contributed by atoms with Crippen LogP contribution in [-0.4, -0.2) is 18.5 Å². The second-order valence-electron chi connectivity index (χ2n) is 5.80. The lowest BCUT2D eigenvalue weighted by Gasteiger charge is -2.22. The lowest BCUT2D eigenvalue weighted by molar-refractivity contribution is -0.118. The molecule has 1 amide bonds. The van der Waals surface area contributed by atoms with E-state index in [4.69, 9.17) is 0 Å². The van der Waals surface area contributed by atoms with E-state index in [-0.39, 0.29) is 11.9 Å². The van der Waals surface area contributed by atoms with Crippen molar-refractivity contribution in [2.75, 3.05) is 11.9 Å². The van der Waals surface area contributed by atoms with Gasteiger partial charge in [-0.2, -0.15) is 0 Å². The number of fused-ring (bicyclic) bond motifs is 1. The maximum atomic E-state index is 12.3. The number of carbonyl (C=O) groups is 1. The Morgan fingerprint density at radius 2 is 2.10 bits per heavy atom. The third-order valence-electron chi connectivity index (χ3n) is 4.32. The molecule has 2 atom stereocenters. The van der Waals surface area contributed by atoms with E-state index in [1.165, 1.54) is 18.4 Å². The van der Waals surface area contributed by atoms with Crippen LogP contribution in [0.3, 0.4) is 0 Å². The van der Waals surface area contributed by atoms with E-state index in [0.717, 1.165) is 31.5 Å². The number of carbonyl (C=O) groups excluding carboxylic acids is 1. The van der Waals surface area contributed by atoms with Gasteiger partial charge in [0.1, 0.15) is 0 Å². The van der Waals surface area contributed by atoms with Crippen molar-refractivity contribution >= 4 is 11.6 Å². The lowest BCUT2D eigenvalue weighted by Crippen LogP contribution is -2.42. The van der Waals surface area contributed by atoms with Gasteiger partial charge in [0.15, 0.2) is 0 Å².